The molecule has 0 saturated carbocycles. The van der Waals surface area contributed by atoms with Gasteiger partial charge in [0.05, 0.1) is 14.1 Å². The molecule has 0 spiro atoms. The van der Waals surface area contributed by atoms with Crippen LogP contribution in [-0.2, 0) is 22.5 Å². The van der Waals surface area contributed by atoms with Crippen molar-refractivity contribution in [2.75, 3.05) is 27.3 Å². The molecule has 218 valence electrons. The van der Waals surface area contributed by atoms with Crippen molar-refractivity contribution in [3.63, 3.8) is 0 Å². The maximum absolute atomic E-state index is 13.1. The Bertz CT molecular complexity index is 896. The average Bonchev–Trinajstić information content (AvgIpc) is 2.93. The largest absolute Gasteiger partial charge is 0.490 e. The monoisotopic (exact) mass is 538 g/mol. The summed E-state index contributed by atoms with van der Waals surface area (Å²) >= 11 is 0. The van der Waals surface area contributed by atoms with E-state index in [1.54, 1.807) is 0 Å². The lowest BCUT2D eigenvalue weighted by atomic mass is 10.0. The van der Waals surface area contributed by atoms with Crippen LogP contribution in [-0.4, -0.2) is 43.8 Å². The lowest BCUT2D eigenvalue weighted by Crippen LogP contribution is -2.53. The van der Waals surface area contributed by atoms with E-state index >= 15 is 0 Å². The third-order valence-corrected chi connectivity index (χ3v) is 7.72. The van der Waals surface area contributed by atoms with Gasteiger partial charge in [-0.3, -0.25) is 0 Å². The summed E-state index contributed by atoms with van der Waals surface area (Å²) in [6.45, 7) is 5.85. The Morgan fingerprint density at radius 3 is 1.95 bits per heavy atom. The quantitative estimate of drug-likeness (QED) is 0.0853. The molecule has 0 aliphatic heterocycles. The van der Waals surface area contributed by atoms with E-state index in [2.05, 4.69) is 64.3 Å². The Labute approximate surface area is 239 Å². The molecule has 0 bridgehead atoms. The number of aryl methyl sites for hydroxylation is 1. The first-order chi connectivity index (χ1) is 19.0. The van der Waals surface area contributed by atoms with Crippen LogP contribution in [0.4, 0.5) is 0 Å². The first-order valence-electron chi connectivity index (χ1n) is 15.7. The zero-order valence-corrected chi connectivity index (χ0v) is 25.5. The summed E-state index contributed by atoms with van der Waals surface area (Å²) in [6.07, 6.45) is 17.7. The van der Waals surface area contributed by atoms with Gasteiger partial charge in [-0.05, 0) is 30.9 Å². The summed E-state index contributed by atoms with van der Waals surface area (Å²) < 4.78 is 12.4. The number of ether oxygens (including phenoxy) is 2. The predicted octanol–water partition coefficient (Wildman–Crippen LogP) is 8.91. The van der Waals surface area contributed by atoms with Gasteiger partial charge in [0.25, 0.3) is 0 Å². The molecule has 1 unspecified atom stereocenters. The van der Waals surface area contributed by atoms with Gasteiger partial charge < -0.3 is 14.0 Å². The molecule has 0 amide bonds. The number of esters is 1. The minimum Gasteiger partial charge on any atom is -0.490 e. The number of hydrogen-bond acceptors (Lipinski definition) is 3. The topological polar surface area (TPSA) is 35.5 Å². The van der Waals surface area contributed by atoms with Crippen LogP contribution in [0.2, 0.25) is 0 Å². The van der Waals surface area contributed by atoms with Gasteiger partial charge in [-0.15, -0.1) is 0 Å². The molecule has 2 aromatic carbocycles. The first kappa shape index (κ1) is 32.9. The van der Waals surface area contributed by atoms with Crippen LogP contribution in [0.15, 0.2) is 54.6 Å². The number of carbonyl (C=O) groups is 1. The van der Waals surface area contributed by atoms with Gasteiger partial charge in [-0.25, -0.2) is 4.79 Å². The SMILES string of the molecule is CCCCCCCCCCCCCc1ccccc1OCCOC(=O)C(CCC)[N+](C)(C)Cc1ccccc1. The summed E-state index contributed by atoms with van der Waals surface area (Å²) in [5.41, 5.74) is 2.48. The predicted molar refractivity (Wildman–Crippen MR) is 164 cm³/mol. The summed E-state index contributed by atoms with van der Waals surface area (Å²) in [6, 6.07) is 18.5. The fourth-order valence-electron chi connectivity index (χ4n) is 5.41. The Hall–Kier alpha value is -2.33. The van der Waals surface area contributed by atoms with Crippen molar-refractivity contribution in [1.29, 1.82) is 0 Å². The molecule has 4 heteroatoms. The van der Waals surface area contributed by atoms with Gasteiger partial charge >= 0.3 is 5.97 Å². The molecule has 2 aromatic rings. The lowest BCUT2D eigenvalue weighted by Gasteiger charge is -2.36. The van der Waals surface area contributed by atoms with Crippen molar-refractivity contribution < 1.29 is 18.8 Å². The van der Waals surface area contributed by atoms with E-state index in [9.17, 15) is 4.79 Å². The van der Waals surface area contributed by atoms with Gasteiger partial charge in [0.2, 0.25) is 0 Å². The molecule has 39 heavy (non-hydrogen) atoms. The maximum atomic E-state index is 13.1. The van der Waals surface area contributed by atoms with E-state index in [4.69, 9.17) is 9.47 Å². The summed E-state index contributed by atoms with van der Waals surface area (Å²) in [4.78, 5) is 13.1. The Kier molecular flexibility index (Phi) is 16.6. The van der Waals surface area contributed by atoms with Crippen molar-refractivity contribution in [3.05, 3.63) is 65.7 Å². The van der Waals surface area contributed by atoms with Gasteiger partial charge in [0.1, 0.15) is 25.5 Å². The van der Waals surface area contributed by atoms with E-state index in [1.807, 2.05) is 18.2 Å². The molecule has 2 rings (SSSR count). The molecule has 1 atom stereocenters. The zero-order chi connectivity index (χ0) is 28.2. The van der Waals surface area contributed by atoms with Crippen molar-refractivity contribution in [2.24, 2.45) is 0 Å². The van der Waals surface area contributed by atoms with Crippen LogP contribution in [0.5, 0.6) is 5.75 Å². The number of para-hydroxylation sites is 1. The molecule has 0 aromatic heterocycles. The highest BCUT2D eigenvalue weighted by Gasteiger charge is 2.35. The lowest BCUT2D eigenvalue weighted by molar-refractivity contribution is -0.920. The third-order valence-electron chi connectivity index (χ3n) is 7.72. The molecule has 0 aliphatic rings. The number of likely N-dealkylation sites (N-methyl/N-ethyl adjacent to an activating group) is 1. The standard InChI is InChI=1S/C35H56NO3/c1-5-7-8-9-10-11-12-13-14-15-19-25-32-26-20-21-27-34(32)38-28-29-39-35(37)33(22-6-2)36(3,4)30-31-23-17-16-18-24-31/h16-18,20-21,23-24,26-27,33H,5-15,19,22,25,28-30H2,1-4H3/q+1. The number of rotatable bonds is 22. The number of hydrogen-bond donors (Lipinski definition) is 0. The van der Waals surface area contributed by atoms with E-state index in [-0.39, 0.29) is 18.6 Å². The van der Waals surface area contributed by atoms with Crippen molar-refractivity contribution in [2.45, 2.75) is 116 Å². The highest BCUT2D eigenvalue weighted by Crippen LogP contribution is 2.22. The van der Waals surface area contributed by atoms with Gasteiger partial charge in [-0.1, -0.05) is 127 Å². The molecular weight excluding hydrogens is 482 g/mol. The second kappa shape index (κ2) is 19.7. The zero-order valence-electron chi connectivity index (χ0n) is 25.5. The highest BCUT2D eigenvalue weighted by molar-refractivity contribution is 5.74. The molecule has 0 aliphatic carbocycles. The number of benzene rings is 2. The first-order valence-corrected chi connectivity index (χ1v) is 15.7. The van der Waals surface area contributed by atoms with Crippen LogP contribution in [0, 0.1) is 0 Å². The third kappa shape index (κ3) is 13.5. The van der Waals surface area contributed by atoms with Crippen molar-refractivity contribution >= 4 is 5.97 Å². The summed E-state index contributed by atoms with van der Waals surface area (Å²) in [7, 11) is 4.24. The molecule has 0 N–H and O–H groups in total. The fraction of sp³-hybridized carbons (Fsp3) is 0.629. The van der Waals surface area contributed by atoms with E-state index in [0.717, 1.165) is 31.6 Å². The normalized spacial score (nSPS) is 12.3. The average molecular weight is 539 g/mol. The Morgan fingerprint density at radius 1 is 0.718 bits per heavy atom. The second-order valence-corrected chi connectivity index (χ2v) is 11.6. The molecule has 0 radical (unpaired) electrons. The second-order valence-electron chi connectivity index (χ2n) is 11.6. The minimum atomic E-state index is -0.191. The fourth-order valence-corrected chi connectivity index (χ4v) is 5.41. The van der Waals surface area contributed by atoms with Gasteiger partial charge in [-0.2, -0.15) is 0 Å². The molecular formula is C35H56NO3+. The van der Waals surface area contributed by atoms with Crippen molar-refractivity contribution in [1.82, 2.24) is 0 Å². The number of unbranched alkanes of at least 4 members (excludes halogenated alkanes) is 10. The van der Waals surface area contributed by atoms with Gasteiger partial charge in [0.15, 0.2) is 6.04 Å². The molecule has 0 saturated heterocycles. The summed E-state index contributed by atoms with van der Waals surface area (Å²) in [5.74, 6) is 0.793. The van der Waals surface area contributed by atoms with E-state index in [0.29, 0.717) is 11.1 Å². The smallest absolute Gasteiger partial charge is 0.365 e. The van der Waals surface area contributed by atoms with Crippen LogP contribution in [0.3, 0.4) is 0 Å². The van der Waals surface area contributed by atoms with Crippen molar-refractivity contribution in [3.8, 4) is 5.75 Å². The van der Waals surface area contributed by atoms with E-state index < -0.39 is 0 Å². The minimum absolute atomic E-state index is 0.129. The van der Waals surface area contributed by atoms with Crippen LogP contribution < -0.4 is 4.74 Å². The molecule has 4 nitrogen and oxygen atoms in total. The Balaban J connectivity index is 1.69. The Morgan fingerprint density at radius 2 is 1.31 bits per heavy atom. The maximum Gasteiger partial charge on any atom is 0.365 e. The number of carbonyl (C=O) groups excluding carboxylic acids is 1. The molecule has 0 heterocycles. The van der Waals surface area contributed by atoms with E-state index in [1.165, 1.54) is 81.8 Å². The van der Waals surface area contributed by atoms with Crippen LogP contribution in [0.1, 0.15) is 108 Å². The summed E-state index contributed by atoms with van der Waals surface area (Å²) in [5, 5.41) is 0. The van der Waals surface area contributed by atoms with Crippen LogP contribution >= 0.6 is 0 Å². The highest BCUT2D eigenvalue weighted by atomic mass is 16.6. The van der Waals surface area contributed by atoms with Crippen LogP contribution in [0.25, 0.3) is 0 Å². The molecule has 0 fully saturated rings. The number of nitrogens with zero attached hydrogens (tertiary/aromatic N) is 1. The number of quaternary nitrogens is 1. The van der Waals surface area contributed by atoms with Gasteiger partial charge in [0, 0.05) is 12.0 Å².